The maximum absolute atomic E-state index is 6.32. The normalized spacial score (nSPS) is 27.9. The molecule has 20 heavy (non-hydrogen) atoms. The van der Waals surface area contributed by atoms with Gasteiger partial charge < -0.3 is 5.32 Å². The lowest BCUT2D eigenvalue weighted by molar-refractivity contribution is 0.145. The van der Waals surface area contributed by atoms with E-state index in [-0.39, 0.29) is 0 Å². The van der Waals surface area contributed by atoms with E-state index in [4.69, 9.17) is 11.6 Å². The van der Waals surface area contributed by atoms with Crippen LogP contribution in [0.3, 0.4) is 0 Å². The van der Waals surface area contributed by atoms with Crippen LogP contribution < -0.4 is 5.32 Å². The zero-order valence-electron chi connectivity index (χ0n) is 11.7. The van der Waals surface area contributed by atoms with Crippen LogP contribution in [0.2, 0.25) is 5.02 Å². The van der Waals surface area contributed by atoms with Crippen LogP contribution in [0.15, 0.2) is 22.7 Å². The Morgan fingerprint density at radius 1 is 1.30 bits per heavy atom. The van der Waals surface area contributed by atoms with Gasteiger partial charge in [-0.25, -0.2) is 0 Å². The van der Waals surface area contributed by atoms with E-state index >= 15 is 0 Å². The smallest absolute Gasteiger partial charge is 0.0451 e. The predicted molar refractivity (Wildman–Crippen MR) is 88.2 cm³/mol. The van der Waals surface area contributed by atoms with E-state index in [0.29, 0.717) is 0 Å². The van der Waals surface area contributed by atoms with Crippen LogP contribution in [0, 0.1) is 5.92 Å². The molecule has 2 atom stereocenters. The Labute approximate surface area is 135 Å². The molecule has 2 aliphatic rings. The van der Waals surface area contributed by atoms with E-state index < -0.39 is 0 Å². The maximum atomic E-state index is 6.32. The minimum absolute atomic E-state index is 0.746. The minimum Gasteiger partial charge on any atom is -0.314 e. The van der Waals surface area contributed by atoms with Crippen molar-refractivity contribution in [2.75, 3.05) is 19.6 Å². The SMILES string of the molecule is Clc1ccc(Br)cc1CN1CCCC(C2CCCN2)C1. The molecule has 2 unspecified atom stereocenters. The van der Waals surface area contributed by atoms with Crippen LogP contribution in [-0.4, -0.2) is 30.6 Å². The van der Waals surface area contributed by atoms with Gasteiger partial charge in [-0.1, -0.05) is 27.5 Å². The lowest BCUT2D eigenvalue weighted by Gasteiger charge is -2.36. The lowest BCUT2D eigenvalue weighted by atomic mass is 9.89. The number of benzene rings is 1. The fourth-order valence-electron chi connectivity index (χ4n) is 3.58. The predicted octanol–water partition coefficient (Wildman–Crippen LogP) is 4.07. The van der Waals surface area contributed by atoms with Gasteiger partial charge in [0.05, 0.1) is 0 Å². The Kier molecular flexibility index (Phi) is 5.03. The first-order valence-electron chi connectivity index (χ1n) is 7.62. The molecule has 2 saturated heterocycles. The number of nitrogens with zero attached hydrogens (tertiary/aromatic N) is 1. The molecule has 2 nitrogen and oxygen atoms in total. The van der Waals surface area contributed by atoms with Crippen molar-refractivity contribution in [2.24, 2.45) is 5.92 Å². The summed E-state index contributed by atoms with van der Waals surface area (Å²) in [5, 5.41) is 4.55. The summed E-state index contributed by atoms with van der Waals surface area (Å²) < 4.78 is 1.11. The first-order chi connectivity index (χ1) is 9.72. The highest BCUT2D eigenvalue weighted by Crippen LogP contribution is 2.28. The zero-order chi connectivity index (χ0) is 13.9. The molecule has 0 spiro atoms. The van der Waals surface area contributed by atoms with E-state index in [2.05, 4.69) is 32.2 Å². The van der Waals surface area contributed by atoms with Crippen LogP contribution in [0.25, 0.3) is 0 Å². The third-order valence-electron chi connectivity index (χ3n) is 4.61. The van der Waals surface area contributed by atoms with E-state index in [0.717, 1.165) is 28.0 Å². The summed E-state index contributed by atoms with van der Waals surface area (Å²) in [4.78, 5) is 2.57. The molecule has 2 aliphatic heterocycles. The van der Waals surface area contributed by atoms with Gasteiger partial charge >= 0.3 is 0 Å². The molecule has 0 amide bonds. The van der Waals surface area contributed by atoms with Gasteiger partial charge in [0.2, 0.25) is 0 Å². The van der Waals surface area contributed by atoms with Crippen LogP contribution in [0.4, 0.5) is 0 Å². The van der Waals surface area contributed by atoms with Gasteiger partial charge in [-0.3, -0.25) is 4.90 Å². The molecule has 2 fully saturated rings. The summed E-state index contributed by atoms with van der Waals surface area (Å²) in [6.45, 7) is 4.59. The molecule has 0 aromatic heterocycles. The van der Waals surface area contributed by atoms with Crippen molar-refractivity contribution in [2.45, 2.75) is 38.3 Å². The lowest BCUT2D eigenvalue weighted by Crippen LogP contribution is -2.43. The molecule has 4 heteroatoms. The highest BCUT2D eigenvalue weighted by molar-refractivity contribution is 9.10. The Hall–Kier alpha value is -0.0900. The van der Waals surface area contributed by atoms with Crippen LogP contribution in [0.1, 0.15) is 31.2 Å². The van der Waals surface area contributed by atoms with Crippen LogP contribution >= 0.6 is 27.5 Å². The summed E-state index contributed by atoms with van der Waals surface area (Å²) in [7, 11) is 0. The Morgan fingerprint density at radius 3 is 3.00 bits per heavy atom. The van der Waals surface area contributed by atoms with Gasteiger partial charge in [-0.2, -0.15) is 0 Å². The second kappa shape index (κ2) is 6.78. The third kappa shape index (κ3) is 3.56. The molecular weight excluding hydrogens is 336 g/mol. The number of rotatable bonds is 3. The van der Waals surface area contributed by atoms with Crippen molar-refractivity contribution in [1.82, 2.24) is 10.2 Å². The quantitative estimate of drug-likeness (QED) is 0.877. The molecule has 2 heterocycles. The van der Waals surface area contributed by atoms with Crippen molar-refractivity contribution in [3.63, 3.8) is 0 Å². The monoisotopic (exact) mass is 356 g/mol. The molecule has 110 valence electrons. The van der Waals surface area contributed by atoms with E-state index in [1.165, 1.54) is 50.9 Å². The average Bonchev–Trinajstić information content (AvgIpc) is 2.97. The topological polar surface area (TPSA) is 15.3 Å². The van der Waals surface area contributed by atoms with Crippen molar-refractivity contribution < 1.29 is 0 Å². The summed E-state index contributed by atoms with van der Waals surface area (Å²) in [6.07, 6.45) is 5.39. The molecule has 3 rings (SSSR count). The van der Waals surface area contributed by atoms with Crippen LogP contribution in [0.5, 0.6) is 0 Å². The second-order valence-electron chi connectivity index (χ2n) is 6.08. The zero-order valence-corrected chi connectivity index (χ0v) is 14.1. The molecule has 1 aromatic carbocycles. The van der Waals surface area contributed by atoms with Gasteiger partial charge in [0, 0.05) is 28.6 Å². The second-order valence-corrected chi connectivity index (χ2v) is 7.40. The number of likely N-dealkylation sites (tertiary alicyclic amines) is 1. The molecule has 0 bridgehead atoms. The number of hydrogen-bond donors (Lipinski definition) is 1. The van der Waals surface area contributed by atoms with E-state index in [1.807, 2.05) is 12.1 Å². The average molecular weight is 358 g/mol. The summed E-state index contributed by atoms with van der Waals surface area (Å²) >= 11 is 9.86. The number of nitrogens with one attached hydrogen (secondary N) is 1. The Bertz CT molecular complexity index is 460. The fraction of sp³-hybridized carbons (Fsp3) is 0.625. The number of piperidine rings is 1. The summed E-state index contributed by atoms with van der Waals surface area (Å²) in [6, 6.07) is 6.89. The minimum atomic E-state index is 0.746. The largest absolute Gasteiger partial charge is 0.314 e. The number of halogens is 2. The van der Waals surface area contributed by atoms with Gasteiger partial charge in [-0.15, -0.1) is 0 Å². The van der Waals surface area contributed by atoms with Gasteiger partial charge in [0.25, 0.3) is 0 Å². The molecule has 1 N–H and O–H groups in total. The third-order valence-corrected chi connectivity index (χ3v) is 5.47. The highest BCUT2D eigenvalue weighted by Gasteiger charge is 2.29. The summed E-state index contributed by atoms with van der Waals surface area (Å²) in [5.74, 6) is 0.817. The molecule has 0 aliphatic carbocycles. The number of hydrogen-bond acceptors (Lipinski definition) is 2. The molecule has 0 saturated carbocycles. The van der Waals surface area contributed by atoms with Gasteiger partial charge in [0.15, 0.2) is 0 Å². The van der Waals surface area contributed by atoms with Crippen molar-refractivity contribution in [3.05, 3.63) is 33.3 Å². The summed E-state index contributed by atoms with van der Waals surface area (Å²) in [5.41, 5.74) is 1.24. The Balaban J connectivity index is 1.63. The molecular formula is C16H22BrClN2. The van der Waals surface area contributed by atoms with Gasteiger partial charge in [0.1, 0.15) is 0 Å². The van der Waals surface area contributed by atoms with E-state index in [9.17, 15) is 0 Å². The van der Waals surface area contributed by atoms with Crippen molar-refractivity contribution in [3.8, 4) is 0 Å². The maximum Gasteiger partial charge on any atom is 0.0451 e. The standard InChI is InChI=1S/C16H22BrClN2/c17-14-5-6-15(18)13(9-14)11-20-8-2-3-12(10-20)16-4-1-7-19-16/h5-6,9,12,16,19H,1-4,7-8,10-11H2. The first kappa shape index (κ1) is 14.8. The van der Waals surface area contributed by atoms with E-state index in [1.54, 1.807) is 0 Å². The van der Waals surface area contributed by atoms with Crippen molar-refractivity contribution in [1.29, 1.82) is 0 Å². The first-order valence-corrected chi connectivity index (χ1v) is 8.79. The molecule has 1 aromatic rings. The fourth-order valence-corrected chi connectivity index (χ4v) is 4.17. The van der Waals surface area contributed by atoms with Crippen molar-refractivity contribution >= 4 is 27.5 Å². The van der Waals surface area contributed by atoms with Crippen LogP contribution in [-0.2, 0) is 6.54 Å². The molecule has 0 radical (unpaired) electrons. The highest BCUT2D eigenvalue weighted by atomic mass is 79.9. The van der Waals surface area contributed by atoms with Gasteiger partial charge in [-0.05, 0) is 68.5 Å². The Morgan fingerprint density at radius 2 is 2.20 bits per heavy atom.